The van der Waals surface area contributed by atoms with Gasteiger partial charge in [-0.05, 0) is 37.5 Å². The zero-order valence-corrected chi connectivity index (χ0v) is 12.2. The van der Waals surface area contributed by atoms with Gasteiger partial charge in [0.25, 0.3) is 0 Å². The van der Waals surface area contributed by atoms with Gasteiger partial charge in [0.2, 0.25) is 0 Å². The molecular weight excluding hydrogens is 272 g/mol. The summed E-state index contributed by atoms with van der Waals surface area (Å²) in [5.41, 5.74) is 0.200. The lowest BCUT2D eigenvalue weighted by Gasteiger charge is -2.17. The Bertz CT molecular complexity index is 523. The van der Waals surface area contributed by atoms with Gasteiger partial charge in [0, 0.05) is 6.54 Å². The van der Waals surface area contributed by atoms with Gasteiger partial charge in [0.05, 0.1) is 18.6 Å². The Kier molecular flexibility index (Phi) is 4.35. The molecule has 2 rings (SSSR count). The molecule has 1 fully saturated rings. The third-order valence-corrected chi connectivity index (χ3v) is 3.86. The van der Waals surface area contributed by atoms with E-state index in [0.29, 0.717) is 12.8 Å². The highest BCUT2D eigenvalue weighted by Gasteiger charge is 2.50. The number of amides is 2. The van der Waals surface area contributed by atoms with Crippen LogP contribution in [0.25, 0.3) is 0 Å². The molecule has 6 heteroatoms. The topological polar surface area (TPSA) is 87.7 Å². The Balaban J connectivity index is 1.82. The number of carboxylic acid groups (broad SMARTS) is 1. The number of carbonyl (C=O) groups is 2. The molecule has 0 heterocycles. The Labute approximate surface area is 123 Å². The molecule has 21 heavy (non-hydrogen) atoms. The fourth-order valence-electron chi connectivity index (χ4n) is 2.09. The zero-order valence-electron chi connectivity index (χ0n) is 12.2. The monoisotopic (exact) mass is 292 g/mol. The predicted molar refractivity (Wildman–Crippen MR) is 77.2 cm³/mol. The molecule has 1 aliphatic rings. The number of carbonyl (C=O) groups excluding carboxylic acids is 1. The van der Waals surface area contributed by atoms with Gasteiger partial charge in [-0.2, -0.15) is 0 Å². The van der Waals surface area contributed by atoms with E-state index in [2.05, 4.69) is 10.6 Å². The lowest BCUT2D eigenvalue weighted by atomic mass is 10.1. The van der Waals surface area contributed by atoms with Gasteiger partial charge in [-0.15, -0.1) is 0 Å². The molecule has 1 aromatic carbocycles. The van der Waals surface area contributed by atoms with Crippen molar-refractivity contribution in [3.05, 3.63) is 29.8 Å². The predicted octanol–water partition coefficient (Wildman–Crippen LogP) is 1.92. The van der Waals surface area contributed by atoms with E-state index in [4.69, 9.17) is 9.84 Å². The molecule has 2 amide bonds. The number of carboxylic acids is 1. The Hall–Kier alpha value is -2.24. The van der Waals surface area contributed by atoms with Crippen molar-refractivity contribution >= 4 is 12.0 Å². The molecule has 114 valence electrons. The first-order chi connectivity index (χ1) is 9.97. The van der Waals surface area contributed by atoms with E-state index in [1.165, 1.54) is 0 Å². The Morgan fingerprint density at radius 1 is 1.33 bits per heavy atom. The second kappa shape index (κ2) is 6.03. The number of rotatable bonds is 6. The standard InChI is InChI=1S/C15H20N2O4/c1-10(11-3-5-12(21-2)6-4-11)17-14(20)16-9-15(7-8-15)13(18)19/h3-6,10H,7-9H2,1-2H3,(H,18,19)(H2,16,17,20). The lowest BCUT2D eigenvalue weighted by Crippen LogP contribution is -2.41. The van der Waals surface area contributed by atoms with E-state index in [1.54, 1.807) is 7.11 Å². The van der Waals surface area contributed by atoms with E-state index in [0.717, 1.165) is 11.3 Å². The molecule has 1 aromatic rings. The maximum atomic E-state index is 11.8. The van der Waals surface area contributed by atoms with Gasteiger partial charge in [-0.25, -0.2) is 4.79 Å². The van der Waals surface area contributed by atoms with Crippen molar-refractivity contribution in [1.82, 2.24) is 10.6 Å². The summed E-state index contributed by atoms with van der Waals surface area (Å²) in [5.74, 6) is -0.0847. The van der Waals surface area contributed by atoms with Crippen LogP contribution < -0.4 is 15.4 Å². The van der Waals surface area contributed by atoms with Crippen LogP contribution in [0, 0.1) is 5.41 Å². The highest BCUT2D eigenvalue weighted by Crippen LogP contribution is 2.45. The van der Waals surface area contributed by atoms with Crippen molar-refractivity contribution in [3.63, 3.8) is 0 Å². The second-order valence-electron chi connectivity index (χ2n) is 5.41. The van der Waals surface area contributed by atoms with Gasteiger partial charge < -0.3 is 20.5 Å². The fraction of sp³-hybridized carbons (Fsp3) is 0.467. The largest absolute Gasteiger partial charge is 0.497 e. The SMILES string of the molecule is COc1ccc(C(C)NC(=O)NCC2(C(=O)O)CC2)cc1. The minimum absolute atomic E-state index is 0.170. The zero-order chi connectivity index (χ0) is 15.5. The minimum Gasteiger partial charge on any atom is -0.497 e. The number of hydrogen-bond acceptors (Lipinski definition) is 3. The van der Waals surface area contributed by atoms with Crippen LogP contribution in [-0.2, 0) is 4.79 Å². The first kappa shape index (κ1) is 15.2. The quantitative estimate of drug-likeness (QED) is 0.747. The minimum atomic E-state index is -0.842. The molecule has 0 saturated heterocycles. The highest BCUT2D eigenvalue weighted by molar-refractivity contribution is 5.80. The molecular formula is C15H20N2O4. The van der Waals surface area contributed by atoms with Crippen molar-refractivity contribution in [2.75, 3.05) is 13.7 Å². The van der Waals surface area contributed by atoms with Gasteiger partial charge in [0.1, 0.15) is 5.75 Å². The summed E-state index contributed by atoms with van der Waals surface area (Å²) in [4.78, 5) is 22.8. The van der Waals surface area contributed by atoms with E-state index in [-0.39, 0.29) is 18.6 Å². The molecule has 0 aromatic heterocycles. The van der Waals surface area contributed by atoms with Crippen LogP contribution in [0.2, 0.25) is 0 Å². The number of aliphatic carboxylic acids is 1. The average molecular weight is 292 g/mol. The van der Waals surface area contributed by atoms with Crippen molar-refractivity contribution < 1.29 is 19.4 Å². The number of methoxy groups -OCH3 is 1. The summed E-state index contributed by atoms with van der Waals surface area (Å²) in [6, 6.07) is 6.89. The molecule has 1 saturated carbocycles. The van der Waals surface area contributed by atoms with Crippen LogP contribution in [0.5, 0.6) is 5.75 Å². The Morgan fingerprint density at radius 2 is 1.95 bits per heavy atom. The van der Waals surface area contributed by atoms with E-state index in [1.807, 2.05) is 31.2 Å². The average Bonchev–Trinajstić information content (AvgIpc) is 3.26. The second-order valence-corrected chi connectivity index (χ2v) is 5.41. The summed E-state index contributed by atoms with van der Waals surface area (Å²) in [6.07, 6.45) is 1.24. The maximum Gasteiger partial charge on any atom is 0.315 e. The van der Waals surface area contributed by atoms with Crippen LogP contribution in [0.4, 0.5) is 4.79 Å². The summed E-state index contributed by atoms with van der Waals surface area (Å²) in [5, 5.41) is 14.5. The summed E-state index contributed by atoms with van der Waals surface area (Å²) >= 11 is 0. The van der Waals surface area contributed by atoms with E-state index >= 15 is 0 Å². The molecule has 0 aliphatic heterocycles. The van der Waals surface area contributed by atoms with Crippen LogP contribution in [0.15, 0.2) is 24.3 Å². The molecule has 6 nitrogen and oxygen atoms in total. The van der Waals surface area contributed by atoms with Gasteiger partial charge in [-0.1, -0.05) is 12.1 Å². The molecule has 0 spiro atoms. The summed E-state index contributed by atoms with van der Waals surface area (Å²) < 4.78 is 5.08. The first-order valence-electron chi connectivity index (χ1n) is 6.88. The van der Waals surface area contributed by atoms with Gasteiger partial charge in [-0.3, -0.25) is 4.79 Å². The van der Waals surface area contributed by atoms with Crippen molar-refractivity contribution in [1.29, 1.82) is 0 Å². The number of hydrogen-bond donors (Lipinski definition) is 3. The normalized spacial score (nSPS) is 16.7. The summed E-state index contributed by atoms with van der Waals surface area (Å²) in [7, 11) is 1.60. The highest BCUT2D eigenvalue weighted by atomic mass is 16.5. The summed E-state index contributed by atoms with van der Waals surface area (Å²) in [6.45, 7) is 2.04. The van der Waals surface area contributed by atoms with Crippen LogP contribution in [0.3, 0.4) is 0 Å². The van der Waals surface area contributed by atoms with Crippen LogP contribution in [0.1, 0.15) is 31.4 Å². The van der Waals surface area contributed by atoms with Gasteiger partial charge in [0.15, 0.2) is 0 Å². The van der Waals surface area contributed by atoms with Crippen LogP contribution in [-0.4, -0.2) is 30.8 Å². The van der Waals surface area contributed by atoms with Crippen molar-refractivity contribution in [3.8, 4) is 5.75 Å². The number of ether oxygens (including phenoxy) is 1. The van der Waals surface area contributed by atoms with Gasteiger partial charge >= 0.3 is 12.0 Å². The van der Waals surface area contributed by atoms with Crippen molar-refractivity contribution in [2.45, 2.75) is 25.8 Å². The number of benzene rings is 1. The third kappa shape index (κ3) is 3.65. The molecule has 1 aliphatic carbocycles. The molecule has 0 radical (unpaired) electrons. The lowest BCUT2D eigenvalue weighted by molar-refractivity contribution is -0.143. The van der Waals surface area contributed by atoms with Crippen LogP contribution >= 0.6 is 0 Å². The van der Waals surface area contributed by atoms with E-state index in [9.17, 15) is 9.59 Å². The molecule has 3 N–H and O–H groups in total. The molecule has 1 atom stereocenters. The molecule has 0 bridgehead atoms. The Morgan fingerprint density at radius 3 is 2.43 bits per heavy atom. The number of nitrogens with one attached hydrogen (secondary N) is 2. The van der Waals surface area contributed by atoms with E-state index < -0.39 is 11.4 Å². The third-order valence-electron chi connectivity index (χ3n) is 3.86. The first-order valence-corrected chi connectivity index (χ1v) is 6.88. The fourth-order valence-corrected chi connectivity index (χ4v) is 2.09. The van der Waals surface area contributed by atoms with Crippen molar-refractivity contribution in [2.24, 2.45) is 5.41 Å². The maximum absolute atomic E-state index is 11.8. The smallest absolute Gasteiger partial charge is 0.315 e. The molecule has 1 unspecified atom stereocenters. The number of urea groups is 1.